The molecule has 0 saturated heterocycles. The van der Waals surface area contributed by atoms with Gasteiger partial charge >= 0.3 is 11.9 Å². The van der Waals surface area contributed by atoms with Gasteiger partial charge in [0.25, 0.3) is 0 Å². The molecule has 0 spiro atoms. The van der Waals surface area contributed by atoms with Gasteiger partial charge in [0.1, 0.15) is 6.61 Å². The number of esters is 2. The lowest BCUT2D eigenvalue weighted by atomic mass is 9.82. The van der Waals surface area contributed by atoms with Crippen molar-refractivity contribution in [3.8, 4) is 0 Å². The first-order valence-corrected chi connectivity index (χ1v) is 7.40. The van der Waals surface area contributed by atoms with Crippen molar-refractivity contribution >= 4 is 11.9 Å². The minimum atomic E-state index is -1.19. The number of hydrogen-bond donors (Lipinski definition) is 0. The molecule has 0 aliphatic heterocycles. The van der Waals surface area contributed by atoms with Crippen molar-refractivity contribution < 1.29 is 19.1 Å². The van der Waals surface area contributed by atoms with Gasteiger partial charge < -0.3 is 9.47 Å². The molecule has 4 nitrogen and oxygen atoms in total. The zero-order valence-corrected chi connectivity index (χ0v) is 13.3. The summed E-state index contributed by atoms with van der Waals surface area (Å²) in [5.74, 6) is -1.00. The highest BCUT2D eigenvalue weighted by molar-refractivity contribution is 5.99. The zero-order chi connectivity index (χ0) is 15.9. The first-order chi connectivity index (χ1) is 10.00. The van der Waals surface area contributed by atoms with Crippen LogP contribution in [0.5, 0.6) is 0 Å². The zero-order valence-electron chi connectivity index (χ0n) is 13.3. The Morgan fingerprint density at radius 2 is 1.67 bits per heavy atom. The van der Waals surface area contributed by atoms with Gasteiger partial charge in [0.05, 0.1) is 6.61 Å². The van der Waals surface area contributed by atoms with Crippen molar-refractivity contribution in [3.05, 3.63) is 35.4 Å². The fourth-order valence-electron chi connectivity index (χ4n) is 2.27. The van der Waals surface area contributed by atoms with Crippen LogP contribution in [0.4, 0.5) is 0 Å². The minimum absolute atomic E-state index is 0.168. The normalized spacial score (nSPS) is 11.0. The van der Waals surface area contributed by atoms with Crippen molar-refractivity contribution in [1.29, 1.82) is 0 Å². The summed E-state index contributed by atoms with van der Waals surface area (Å²) in [5, 5.41) is 0. The molecule has 0 bridgehead atoms. The van der Waals surface area contributed by atoms with Crippen LogP contribution in [0.2, 0.25) is 0 Å². The van der Waals surface area contributed by atoms with Crippen LogP contribution in [0.3, 0.4) is 0 Å². The quantitative estimate of drug-likeness (QED) is 0.571. The molecular formula is C17H24O4. The number of hydrogen-bond acceptors (Lipinski definition) is 4. The SMILES string of the molecule is CCOC(=O)C(CC)(CC)C(=O)OCc1cccc(C)c1. The summed E-state index contributed by atoms with van der Waals surface area (Å²) in [4.78, 5) is 24.5. The van der Waals surface area contributed by atoms with Crippen molar-refractivity contribution in [1.82, 2.24) is 0 Å². The monoisotopic (exact) mass is 292 g/mol. The van der Waals surface area contributed by atoms with Gasteiger partial charge in [-0.25, -0.2) is 0 Å². The van der Waals surface area contributed by atoms with E-state index in [-0.39, 0.29) is 13.2 Å². The van der Waals surface area contributed by atoms with Crippen LogP contribution in [-0.2, 0) is 25.7 Å². The fraction of sp³-hybridized carbons (Fsp3) is 0.529. The molecule has 0 amide bonds. The van der Waals surface area contributed by atoms with E-state index in [4.69, 9.17) is 9.47 Å². The van der Waals surface area contributed by atoms with E-state index in [9.17, 15) is 9.59 Å². The Balaban J connectivity index is 2.80. The number of rotatable bonds is 7. The second kappa shape index (κ2) is 7.81. The third kappa shape index (κ3) is 4.06. The maximum atomic E-state index is 12.4. The molecule has 0 aliphatic carbocycles. The van der Waals surface area contributed by atoms with Gasteiger partial charge in [-0.3, -0.25) is 9.59 Å². The van der Waals surface area contributed by atoms with Crippen LogP contribution >= 0.6 is 0 Å². The highest BCUT2D eigenvalue weighted by Gasteiger charge is 2.45. The number of benzene rings is 1. The molecule has 0 saturated carbocycles. The van der Waals surface area contributed by atoms with Gasteiger partial charge in [-0.2, -0.15) is 0 Å². The molecular weight excluding hydrogens is 268 g/mol. The van der Waals surface area contributed by atoms with E-state index in [0.717, 1.165) is 11.1 Å². The molecule has 0 unspecified atom stereocenters. The van der Waals surface area contributed by atoms with Gasteiger partial charge in [0, 0.05) is 0 Å². The Morgan fingerprint density at radius 3 is 2.19 bits per heavy atom. The average molecular weight is 292 g/mol. The third-order valence-electron chi connectivity index (χ3n) is 3.72. The van der Waals surface area contributed by atoms with Crippen LogP contribution in [0.1, 0.15) is 44.7 Å². The molecule has 0 N–H and O–H groups in total. The maximum Gasteiger partial charge on any atom is 0.323 e. The van der Waals surface area contributed by atoms with Crippen LogP contribution in [-0.4, -0.2) is 18.5 Å². The summed E-state index contributed by atoms with van der Waals surface area (Å²) in [6.45, 7) is 7.73. The van der Waals surface area contributed by atoms with E-state index >= 15 is 0 Å². The summed E-state index contributed by atoms with van der Waals surface area (Å²) in [6.07, 6.45) is 0.740. The Kier molecular flexibility index (Phi) is 6.40. The largest absolute Gasteiger partial charge is 0.465 e. The van der Waals surface area contributed by atoms with Crippen molar-refractivity contribution in [2.24, 2.45) is 5.41 Å². The molecule has 0 radical (unpaired) electrons. The smallest absolute Gasteiger partial charge is 0.323 e. The van der Waals surface area contributed by atoms with Crippen LogP contribution < -0.4 is 0 Å². The van der Waals surface area contributed by atoms with E-state index in [1.807, 2.05) is 31.2 Å². The predicted molar refractivity (Wildman–Crippen MR) is 80.6 cm³/mol. The first-order valence-electron chi connectivity index (χ1n) is 7.40. The molecule has 4 heteroatoms. The molecule has 0 aromatic heterocycles. The Bertz CT molecular complexity index is 489. The number of carbonyl (C=O) groups is 2. The van der Waals surface area contributed by atoms with E-state index in [2.05, 4.69) is 0 Å². The summed E-state index contributed by atoms with van der Waals surface area (Å²) < 4.78 is 10.4. The molecule has 0 fully saturated rings. The van der Waals surface area contributed by atoms with Gasteiger partial charge in [0.15, 0.2) is 5.41 Å². The lowest BCUT2D eigenvalue weighted by Crippen LogP contribution is -2.41. The van der Waals surface area contributed by atoms with Gasteiger partial charge in [-0.05, 0) is 32.3 Å². The van der Waals surface area contributed by atoms with Gasteiger partial charge in [-0.15, -0.1) is 0 Å². The van der Waals surface area contributed by atoms with Crippen LogP contribution in [0, 0.1) is 12.3 Å². The van der Waals surface area contributed by atoms with E-state index in [0.29, 0.717) is 12.8 Å². The van der Waals surface area contributed by atoms with E-state index in [1.165, 1.54) is 0 Å². The molecule has 1 aromatic carbocycles. The first kappa shape index (κ1) is 17.2. The minimum Gasteiger partial charge on any atom is -0.465 e. The molecule has 0 atom stereocenters. The van der Waals surface area contributed by atoms with Crippen molar-refractivity contribution in [2.75, 3.05) is 6.61 Å². The highest BCUT2D eigenvalue weighted by Crippen LogP contribution is 2.30. The number of ether oxygens (including phenoxy) is 2. The molecule has 116 valence electrons. The summed E-state index contributed by atoms with van der Waals surface area (Å²) >= 11 is 0. The average Bonchev–Trinajstić information content (AvgIpc) is 2.47. The maximum absolute atomic E-state index is 12.4. The fourth-order valence-corrected chi connectivity index (χ4v) is 2.27. The highest BCUT2D eigenvalue weighted by atomic mass is 16.6. The molecule has 1 aromatic rings. The van der Waals surface area contributed by atoms with Crippen molar-refractivity contribution in [2.45, 2.75) is 47.1 Å². The molecule has 0 heterocycles. The van der Waals surface area contributed by atoms with E-state index < -0.39 is 17.4 Å². The Hall–Kier alpha value is -1.84. The van der Waals surface area contributed by atoms with Crippen LogP contribution in [0.15, 0.2) is 24.3 Å². The second-order valence-electron chi connectivity index (χ2n) is 5.07. The molecule has 21 heavy (non-hydrogen) atoms. The predicted octanol–water partition coefficient (Wildman–Crippen LogP) is 3.41. The lowest BCUT2D eigenvalue weighted by molar-refractivity contribution is -0.173. The number of carbonyl (C=O) groups excluding carboxylic acids is 2. The van der Waals surface area contributed by atoms with E-state index in [1.54, 1.807) is 20.8 Å². The second-order valence-corrected chi connectivity index (χ2v) is 5.07. The van der Waals surface area contributed by atoms with Gasteiger partial charge in [-0.1, -0.05) is 43.7 Å². The standard InChI is InChI=1S/C17H24O4/c1-5-17(6-2,15(18)20-7-3)16(19)21-12-14-10-8-9-13(4)11-14/h8-11H,5-7,12H2,1-4H3. The number of aryl methyl sites for hydroxylation is 1. The van der Waals surface area contributed by atoms with Crippen LogP contribution in [0.25, 0.3) is 0 Å². The topological polar surface area (TPSA) is 52.6 Å². The lowest BCUT2D eigenvalue weighted by Gasteiger charge is -2.26. The van der Waals surface area contributed by atoms with Gasteiger partial charge in [0.2, 0.25) is 0 Å². The Morgan fingerprint density at radius 1 is 1.05 bits per heavy atom. The van der Waals surface area contributed by atoms with Crippen molar-refractivity contribution in [3.63, 3.8) is 0 Å². The third-order valence-corrected chi connectivity index (χ3v) is 3.72. The molecule has 1 rings (SSSR count). The molecule has 0 aliphatic rings. The summed E-state index contributed by atoms with van der Waals surface area (Å²) in [5.41, 5.74) is 0.819. The summed E-state index contributed by atoms with van der Waals surface area (Å²) in [6, 6.07) is 7.74. The summed E-state index contributed by atoms with van der Waals surface area (Å²) in [7, 11) is 0. The Labute approximate surface area is 126 Å².